The van der Waals surface area contributed by atoms with Gasteiger partial charge < -0.3 is 50.1 Å². The van der Waals surface area contributed by atoms with Crippen LogP contribution in [-0.4, -0.2) is 117 Å². The van der Waals surface area contributed by atoms with E-state index in [-0.39, 0.29) is 23.5 Å². The number of hydrogen-bond donors (Lipinski definition) is 8. The van der Waals surface area contributed by atoms with Crippen molar-refractivity contribution in [2.24, 2.45) is 0 Å². The molecular weight excluding hydrogens is 1050 g/mol. The number of ether oxygens (including phenoxy) is 1. The molecular formula is C52H62N8O14P3+. The van der Waals surface area contributed by atoms with Crippen LogP contribution in [0.5, 0.6) is 0 Å². The summed E-state index contributed by atoms with van der Waals surface area (Å²) in [6.07, 6.45) is 10.1. The highest BCUT2D eigenvalue weighted by atomic mass is 31.3. The molecule has 0 aliphatic carbocycles. The molecule has 0 saturated carbocycles. The van der Waals surface area contributed by atoms with E-state index in [0.29, 0.717) is 24.4 Å². The molecule has 6 unspecified atom stereocenters. The smallest absolute Gasteiger partial charge is 0.387 e. The molecule has 77 heavy (non-hydrogen) atoms. The first kappa shape index (κ1) is 55.9. The number of imidazole rings is 1. The van der Waals surface area contributed by atoms with E-state index in [2.05, 4.69) is 180 Å². The average molecular weight is 1120 g/mol. The third-order valence-electron chi connectivity index (χ3n) is 14.2. The Balaban J connectivity index is 0.768. The summed E-state index contributed by atoms with van der Waals surface area (Å²) >= 11 is 0. The van der Waals surface area contributed by atoms with E-state index in [4.69, 9.17) is 14.5 Å². The number of carbonyl (C=O) groups excluding carboxylic acids is 1. The molecule has 4 aromatic carbocycles. The van der Waals surface area contributed by atoms with Gasteiger partial charge in [0.05, 0.1) is 18.3 Å². The predicted octanol–water partition coefficient (Wildman–Crippen LogP) is 7.68. The number of phosphoric ester groups is 1. The summed E-state index contributed by atoms with van der Waals surface area (Å²) in [5.74, 6) is 0.308. The third kappa shape index (κ3) is 11.8. The molecule has 0 radical (unpaired) electrons. The van der Waals surface area contributed by atoms with Gasteiger partial charge in [-0.15, -0.1) is 0 Å². The molecule has 8 N–H and O–H groups in total. The molecule has 9 rings (SSSR count). The van der Waals surface area contributed by atoms with Gasteiger partial charge in [-0.1, -0.05) is 99.5 Å². The lowest BCUT2D eigenvalue weighted by Crippen LogP contribution is -2.37. The van der Waals surface area contributed by atoms with Crippen LogP contribution in [-0.2, 0) is 47.2 Å². The van der Waals surface area contributed by atoms with E-state index in [1.54, 1.807) is 0 Å². The standard InChI is InChI=1S/C52H61N8O14P3/c1-51(2)40(58(5)37-25-23-33-17-11-13-19-35(33)43(37)51)21-9-8-10-22-41-52(3,4)44-36-20-14-12-18-34(36)24-26-38(44)59(41)29-42(61)53-27-15-6-7-16-28-54-48-45-49(56-31-55-48)60(32-57-45)50-47(63)46(62)39(72-50)30-71-76(67,68)74-77(69,70)73-75(64,65)66/h8-14,17-26,31-32,39,46-47,50,62-63H,6-7,15-16,27-30H2,1-5H3,(H5-,53,54,55,56,61,64,65,66,67,68,69,70)/p+1. The van der Waals surface area contributed by atoms with Crippen LogP contribution >= 0.6 is 23.5 Å². The molecule has 6 atom stereocenters. The quantitative estimate of drug-likeness (QED) is 0.0148. The van der Waals surface area contributed by atoms with Gasteiger partial charge >= 0.3 is 23.5 Å². The Morgan fingerprint density at radius 1 is 0.779 bits per heavy atom. The van der Waals surface area contributed by atoms with Crippen LogP contribution in [0.25, 0.3) is 32.7 Å². The second kappa shape index (κ2) is 22.1. The molecule has 5 heterocycles. The minimum atomic E-state index is -5.77. The van der Waals surface area contributed by atoms with Crippen molar-refractivity contribution in [3.8, 4) is 0 Å². The van der Waals surface area contributed by atoms with Gasteiger partial charge in [0.1, 0.15) is 38.2 Å². The molecule has 6 aromatic rings. The van der Waals surface area contributed by atoms with E-state index in [1.165, 1.54) is 50.5 Å². The number of nitrogens with one attached hydrogen (secondary N) is 2. The van der Waals surface area contributed by atoms with Crippen LogP contribution in [0.1, 0.15) is 70.7 Å². The van der Waals surface area contributed by atoms with Gasteiger partial charge in [-0.3, -0.25) is 13.9 Å². The summed E-state index contributed by atoms with van der Waals surface area (Å²) in [7, 11) is -14.8. The minimum Gasteiger partial charge on any atom is -0.387 e. The largest absolute Gasteiger partial charge is 0.490 e. The second-order valence-corrected chi connectivity index (χ2v) is 24.5. The van der Waals surface area contributed by atoms with E-state index >= 15 is 0 Å². The Morgan fingerprint density at radius 2 is 1.45 bits per heavy atom. The number of allylic oxidation sites excluding steroid dienone is 6. The molecule has 0 spiro atoms. The molecule has 1 fully saturated rings. The van der Waals surface area contributed by atoms with E-state index in [1.807, 2.05) is 6.07 Å². The van der Waals surface area contributed by atoms with Crippen molar-refractivity contribution in [1.29, 1.82) is 0 Å². The van der Waals surface area contributed by atoms with Gasteiger partial charge in [-0.05, 0) is 72.0 Å². The average Bonchev–Trinajstić information content (AvgIpc) is 4.26. The van der Waals surface area contributed by atoms with Crippen molar-refractivity contribution < 1.29 is 70.7 Å². The van der Waals surface area contributed by atoms with Crippen LogP contribution in [0, 0.1) is 0 Å². The van der Waals surface area contributed by atoms with Gasteiger partial charge in [-0.25, -0.2) is 28.6 Å². The number of amides is 1. The van der Waals surface area contributed by atoms with Crippen LogP contribution in [0.2, 0.25) is 0 Å². The molecule has 1 saturated heterocycles. The summed E-state index contributed by atoms with van der Waals surface area (Å²) in [4.78, 5) is 65.5. The Morgan fingerprint density at radius 3 is 2.17 bits per heavy atom. The number of fused-ring (bicyclic) bond motifs is 7. The van der Waals surface area contributed by atoms with Crippen molar-refractivity contribution >= 4 is 85.0 Å². The second-order valence-electron chi connectivity index (χ2n) is 20.1. The number of aromatic nitrogens is 4. The lowest BCUT2D eigenvalue weighted by Gasteiger charge is -2.26. The zero-order valence-electron chi connectivity index (χ0n) is 42.9. The maximum atomic E-state index is 13.7. The lowest BCUT2D eigenvalue weighted by molar-refractivity contribution is -0.401. The van der Waals surface area contributed by atoms with Crippen molar-refractivity contribution in [2.75, 3.05) is 43.5 Å². The van der Waals surface area contributed by atoms with E-state index < -0.39 is 60.0 Å². The highest BCUT2D eigenvalue weighted by molar-refractivity contribution is 7.66. The maximum Gasteiger partial charge on any atom is 0.490 e. The monoisotopic (exact) mass is 1120 g/mol. The summed E-state index contributed by atoms with van der Waals surface area (Å²) < 4.78 is 56.1. The molecule has 22 nitrogen and oxygen atoms in total. The van der Waals surface area contributed by atoms with Crippen LogP contribution in [0.4, 0.5) is 17.2 Å². The van der Waals surface area contributed by atoms with Crippen molar-refractivity contribution in [3.05, 3.63) is 133 Å². The van der Waals surface area contributed by atoms with Crippen molar-refractivity contribution in [1.82, 2.24) is 24.8 Å². The number of unbranched alkanes of at least 4 members (excludes halogenated alkanes) is 3. The molecule has 2 aromatic heterocycles. The summed E-state index contributed by atoms with van der Waals surface area (Å²) in [5.41, 5.74) is 6.91. The first-order chi connectivity index (χ1) is 36.5. The number of hydrogen-bond acceptors (Lipinski definition) is 15. The Kier molecular flexibility index (Phi) is 16.1. The first-order valence-electron chi connectivity index (χ1n) is 24.9. The zero-order valence-corrected chi connectivity index (χ0v) is 45.6. The van der Waals surface area contributed by atoms with Gasteiger partial charge in [0.2, 0.25) is 11.6 Å². The molecule has 25 heteroatoms. The fraction of sp³-hybridized carbons (Fsp3) is 0.365. The third-order valence-corrected chi connectivity index (χ3v) is 18.0. The van der Waals surface area contributed by atoms with Crippen LogP contribution < -0.4 is 15.5 Å². The maximum absolute atomic E-state index is 13.7. The topological polar surface area (TPSA) is 300 Å². The van der Waals surface area contributed by atoms with Gasteiger partial charge in [0.15, 0.2) is 28.9 Å². The number of rotatable bonds is 21. The summed E-state index contributed by atoms with van der Waals surface area (Å²) in [6, 6.07) is 25.5. The highest BCUT2D eigenvalue weighted by Crippen LogP contribution is 2.66. The van der Waals surface area contributed by atoms with Gasteiger partial charge in [0.25, 0.3) is 0 Å². The number of anilines is 2. The number of aliphatic hydroxyl groups is 2. The van der Waals surface area contributed by atoms with Crippen LogP contribution in [0.15, 0.2) is 122 Å². The predicted molar refractivity (Wildman–Crippen MR) is 290 cm³/mol. The molecule has 1 amide bonds. The Labute approximate surface area is 443 Å². The fourth-order valence-corrected chi connectivity index (χ4v) is 13.8. The van der Waals surface area contributed by atoms with Crippen molar-refractivity contribution in [2.45, 2.75) is 88.7 Å². The lowest BCUT2D eigenvalue weighted by atomic mass is 9.79. The number of carbonyl (C=O) groups is 1. The SMILES string of the molecule is C[N+]1=C(C=CC=CC=C2N(CC(=O)NCCCCCCNc3ncnc4c3ncn4C3OC(COP(=O)(O)OP(=O)(O)OP(=O)(O)O)C(O)C3O)c3ccc4ccccc4c3C2(C)C)C(C)(C)c2c1ccc1ccccc21. The van der Waals surface area contributed by atoms with Gasteiger partial charge in [0, 0.05) is 47.6 Å². The molecule has 0 bridgehead atoms. The van der Waals surface area contributed by atoms with Gasteiger partial charge in [-0.2, -0.15) is 13.2 Å². The van der Waals surface area contributed by atoms with E-state index in [0.717, 1.165) is 47.8 Å². The normalized spacial score (nSPS) is 22.2. The molecule has 3 aliphatic heterocycles. The number of benzene rings is 4. The highest BCUT2D eigenvalue weighted by Gasteiger charge is 2.48. The molecule has 3 aliphatic rings. The number of phosphoric acid groups is 3. The number of aliphatic hydroxyl groups excluding tert-OH is 2. The zero-order chi connectivity index (χ0) is 55.1. The fourth-order valence-electron chi connectivity index (χ4n) is 10.7. The Hall–Kier alpha value is -5.80. The minimum absolute atomic E-state index is 0.0795. The first-order valence-corrected chi connectivity index (χ1v) is 29.5. The Bertz CT molecular complexity index is 3520. The summed E-state index contributed by atoms with van der Waals surface area (Å²) in [6.45, 7) is 9.20. The number of nitrogens with zero attached hydrogens (tertiary/aromatic N) is 6. The van der Waals surface area contributed by atoms with E-state index in [9.17, 15) is 38.5 Å². The summed E-state index contributed by atoms with van der Waals surface area (Å²) in [5, 5.41) is 32.7. The van der Waals surface area contributed by atoms with Crippen molar-refractivity contribution in [3.63, 3.8) is 0 Å². The molecule has 408 valence electrons. The van der Waals surface area contributed by atoms with Crippen LogP contribution in [0.3, 0.4) is 0 Å².